The summed E-state index contributed by atoms with van der Waals surface area (Å²) in [4.78, 5) is 16.6. The highest BCUT2D eigenvalue weighted by molar-refractivity contribution is 5.81. The molecule has 4 nitrogen and oxygen atoms in total. The number of anilines is 1. The van der Waals surface area contributed by atoms with Crippen molar-refractivity contribution in [2.75, 3.05) is 37.7 Å². The molecule has 1 aromatic rings. The molecule has 0 N–H and O–H groups in total. The Hall–Kier alpha value is -1.55. The van der Waals surface area contributed by atoms with Crippen molar-refractivity contribution in [1.29, 1.82) is 0 Å². The lowest BCUT2D eigenvalue weighted by Crippen LogP contribution is -2.51. The summed E-state index contributed by atoms with van der Waals surface area (Å²) in [5.74, 6) is 0.186. The summed E-state index contributed by atoms with van der Waals surface area (Å²) < 4.78 is 5.49. The Morgan fingerprint density at radius 2 is 1.85 bits per heavy atom. The number of benzene rings is 1. The molecular weight excluding hydrogens is 252 g/mol. The first-order chi connectivity index (χ1) is 9.74. The maximum absolute atomic E-state index is 12.3. The van der Waals surface area contributed by atoms with Gasteiger partial charge in [-0.3, -0.25) is 4.79 Å². The Labute approximate surface area is 120 Å². The fourth-order valence-electron chi connectivity index (χ4n) is 2.92. The second-order valence-electron chi connectivity index (χ2n) is 5.65. The molecular formula is C16H22N2O2. The molecule has 2 heterocycles. The van der Waals surface area contributed by atoms with Crippen LogP contribution in [0, 0.1) is 6.92 Å². The van der Waals surface area contributed by atoms with E-state index >= 15 is 0 Å². The molecule has 4 heteroatoms. The zero-order valence-electron chi connectivity index (χ0n) is 12.0. The van der Waals surface area contributed by atoms with Gasteiger partial charge < -0.3 is 14.5 Å². The van der Waals surface area contributed by atoms with E-state index in [0.717, 1.165) is 45.6 Å². The van der Waals surface area contributed by atoms with Gasteiger partial charge in [0, 0.05) is 38.5 Å². The van der Waals surface area contributed by atoms with E-state index in [4.69, 9.17) is 4.74 Å². The molecule has 0 aliphatic carbocycles. The first-order valence-corrected chi connectivity index (χ1v) is 7.46. The van der Waals surface area contributed by atoms with E-state index < -0.39 is 0 Å². The zero-order chi connectivity index (χ0) is 13.9. The lowest BCUT2D eigenvalue weighted by Gasteiger charge is -2.37. The quantitative estimate of drug-likeness (QED) is 0.825. The van der Waals surface area contributed by atoms with E-state index in [0.29, 0.717) is 0 Å². The van der Waals surface area contributed by atoms with Gasteiger partial charge >= 0.3 is 0 Å². The van der Waals surface area contributed by atoms with Crippen molar-refractivity contribution in [2.24, 2.45) is 0 Å². The minimum atomic E-state index is -0.180. The number of carbonyl (C=O) groups is 1. The third-order valence-corrected chi connectivity index (χ3v) is 4.20. The van der Waals surface area contributed by atoms with Crippen LogP contribution in [0.5, 0.6) is 0 Å². The van der Waals surface area contributed by atoms with Gasteiger partial charge in [0.1, 0.15) is 6.10 Å². The van der Waals surface area contributed by atoms with E-state index in [9.17, 15) is 4.79 Å². The van der Waals surface area contributed by atoms with Crippen LogP contribution in [0.2, 0.25) is 0 Å². The molecule has 108 valence electrons. The van der Waals surface area contributed by atoms with Gasteiger partial charge in [-0.2, -0.15) is 0 Å². The van der Waals surface area contributed by atoms with Crippen molar-refractivity contribution in [3.8, 4) is 0 Å². The second-order valence-corrected chi connectivity index (χ2v) is 5.65. The van der Waals surface area contributed by atoms with Gasteiger partial charge in [0.05, 0.1) is 0 Å². The van der Waals surface area contributed by atoms with Crippen LogP contribution in [0.3, 0.4) is 0 Å². The summed E-state index contributed by atoms with van der Waals surface area (Å²) in [6, 6.07) is 8.60. The third kappa shape index (κ3) is 2.80. The second kappa shape index (κ2) is 5.83. The van der Waals surface area contributed by atoms with Crippen LogP contribution in [0.1, 0.15) is 18.4 Å². The van der Waals surface area contributed by atoms with Gasteiger partial charge in [-0.1, -0.05) is 17.7 Å². The standard InChI is InChI=1S/C16H22N2O2/c1-13-4-6-14(7-5-13)17-8-10-18(11-9-17)16(19)15-3-2-12-20-15/h4-7,15H,2-3,8-12H2,1H3. The fourth-order valence-corrected chi connectivity index (χ4v) is 2.92. The number of aryl methyl sites for hydroxylation is 1. The number of amides is 1. The normalized spacial score (nSPS) is 23.1. The van der Waals surface area contributed by atoms with Gasteiger partial charge in [0.15, 0.2) is 0 Å². The number of rotatable bonds is 2. The summed E-state index contributed by atoms with van der Waals surface area (Å²) in [5.41, 5.74) is 2.53. The van der Waals surface area contributed by atoms with Crippen molar-refractivity contribution in [1.82, 2.24) is 4.90 Å². The van der Waals surface area contributed by atoms with E-state index in [1.807, 2.05) is 4.90 Å². The molecule has 0 saturated carbocycles. The minimum Gasteiger partial charge on any atom is -0.368 e. The molecule has 1 aromatic carbocycles. The number of nitrogens with zero attached hydrogens (tertiary/aromatic N) is 2. The average Bonchev–Trinajstić information content (AvgIpc) is 3.02. The molecule has 1 unspecified atom stereocenters. The molecule has 0 aromatic heterocycles. The molecule has 1 amide bonds. The van der Waals surface area contributed by atoms with Crippen LogP contribution in [0.25, 0.3) is 0 Å². The summed E-state index contributed by atoms with van der Waals surface area (Å²) >= 11 is 0. The van der Waals surface area contributed by atoms with E-state index in [2.05, 4.69) is 36.1 Å². The van der Waals surface area contributed by atoms with Crippen molar-refractivity contribution < 1.29 is 9.53 Å². The fraction of sp³-hybridized carbons (Fsp3) is 0.562. The number of ether oxygens (including phenoxy) is 1. The molecule has 1 atom stereocenters. The highest BCUT2D eigenvalue weighted by Gasteiger charge is 2.30. The Bertz CT molecular complexity index is 458. The maximum atomic E-state index is 12.3. The third-order valence-electron chi connectivity index (χ3n) is 4.20. The van der Waals surface area contributed by atoms with Crippen LogP contribution in [0.4, 0.5) is 5.69 Å². The van der Waals surface area contributed by atoms with E-state index in [1.165, 1.54) is 11.3 Å². The first-order valence-electron chi connectivity index (χ1n) is 7.46. The molecule has 0 spiro atoms. The highest BCUT2D eigenvalue weighted by atomic mass is 16.5. The topological polar surface area (TPSA) is 32.8 Å². The summed E-state index contributed by atoms with van der Waals surface area (Å²) in [5, 5.41) is 0. The predicted octanol–water partition coefficient (Wildman–Crippen LogP) is 1.82. The monoisotopic (exact) mass is 274 g/mol. The van der Waals surface area contributed by atoms with Gasteiger partial charge in [-0.15, -0.1) is 0 Å². The lowest BCUT2D eigenvalue weighted by atomic mass is 10.1. The SMILES string of the molecule is Cc1ccc(N2CCN(C(=O)C3CCCO3)CC2)cc1. The Morgan fingerprint density at radius 1 is 1.15 bits per heavy atom. The van der Waals surface area contributed by atoms with Gasteiger partial charge in [0.2, 0.25) is 0 Å². The smallest absolute Gasteiger partial charge is 0.251 e. The van der Waals surface area contributed by atoms with Crippen molar-refractivity contribution in [3.63, 3.8) is 0 Å². The average molecular weight is 274 g/mol. The first kappa shape index (κ1) is 13.4. The predicted molar refractivity (Wildman–Crippen MR) is 78.9 cm³/mol. The largest absolute Gasteiger partial charge is 0.368 e. The lowest BCUT2D eigenvalue weighted by molar-refractivity contribution is -0.141. The van der Waals surface area contributed by atoms with Crippen LogP contribution >= 0.6 is 0 Å². The molecule has 0 bridgehead atoms. The molecule has 2 fully saturated rings. The maximum Gasteiger partial charge on any atom is 0.251 e. The molecule has 2 aliphatic rings. The summed E-state index contributed by atoms with van der Waals surface area (Å²) in [6.45, 7) is 6.24. The van der Waals surface area contributed by atoms with E-state index in [1.54, 1.807) is 0 Å². The van der Waals surface area contributed by atoms with Crippen LogP contribution in [-0.2, 0) is 9.53 Å². The Balaban J connectivity index is 1.56. The van der Waals surface area contributed by atoms with Crippen molar-refractivity contribution >= 4 is 11.6 Å². The van der Waals surface area contributed by atoms with Crippen LogP contribution in [-0.4, -0.2) is 49.7 Å². The van der Waals surface area contributed by atoms with Crippen LogP contribution in [0.15, 0.2) is 24.3 Å². The highest BCUT2D eigenvalue weighted by Crippen LogP contribution is 2.19. The number of carbonyl (C=O) groups excluding carboxylic acids is 1. The van der Waals surface area contributed by atoms with Crippen LogP contribution < -0.4 is 4.90 Å². The molecule has 0 radical (unpaired) electrons. The summed E-state index contributed by atoms with van der Waals surface area (Å²) in [7, 11) is 0. The van der Waals surface area contributed by atoms with Gasteiger partial charge in [0.25, 0.3) is 5.91 Å². The van der Waals surface area contributed by atoms with Gasteiger partial charge in [-0.05, 0) is 31.9 Å². The summed E-state index contributed by atoms with van der Waals surface area (Å²) in [6.07, 6.45) is 1.72. The Kier molecular flexibility index (Phi) is 3.92. The number of hydrogen-bond donors (Lipinski definition) is 0. The Morgan fingerprint density at radius 3 is 2.45 bits per heavy atom. The number of hydrogen-bond acceptors (Lipinski definition) is 3. The molecule has 2 aliphatic heterocycles. The van der Waals surface area contributed by atoms with Crippen molar-refractivity contribution in [2.45, 2.75) is 25.9 Å². The molecule has 3 rings (SSSR count). The zero-order valence-corrected chi connectivity index (χ0v) is 12.0. The van der Waals surface area contributed by atoms with Gasteiger partial charge in [-0.25, -0.2) is 0 Å². The van der Waals surface area contributed by atoms with Crippen molar-refractivity contribution in [3.05, 3.63) is 29.8 Å². The molecule has 20 heavy (non-hydrogen) atoms. The molecule has 2 saturated heterocycles. The van der Waals surface area contributed by atoms with E-state index in [-0.39, 0.29) is 12.0 Å². The number of piperazine rings is 1. The minimum absolute atomic E-state index is 0.180.